The highest BCUT2D eigenvalue weighted by atomic mass is 15.3. The summed E-state index contributed by atoms with van der Waals surface area (Å²) >= 11 is 0. The fourth-order valence-corrected chi connectivity index (χ4v) is 1.39. The van der Waals surface area contributed by atoms with E-state index < -0.39 is 0 Å². The van der Waals surface area contributed by atoms with Crippen LogP contribution in [0.4, 0.5) is 17.3 Å². The third-order valence-corrected chi connectivity index (χ3v) is 2.29. The summed E-state index contributed by atoms with van der Waals surface area (Å²) in [5, 5.41) is 0. The number of hydrazine groups is 1. The molecule has 2 aromatic rings. The van der Waals surface area contributed by atoms with Crippen LogP contribution in [-0.4, -0.2) is 17.0 Å². The first kappa shape index (κ1) is 10.4. The van der Waals surface area contributed by atoms with E-state index in [1.54, 1.807) is 6.07 Å². The van der Waals surface area contributed by atoms with Gasteiger partial charge in [-0.05, 0) is 12.1 Å². The zero-order valence-electron chi connectivity index (χ0n) is 8.96. The van der Waals surface area contributed by atoms with Gasteiger partial charge in [0.05, 0.1) is 0 Å². The summed E-state index contributed by atoms with van der Waals surface area (Å²) in [4.78, 5) is 10.1. The van der Waals surface area contributed by atoms with E-state index in [0.29, 0.717) is 5.82 Å². The minimum Gasteiger partial charge on any atom is -0.329 e. The van der Waals surface area contributed by atoms with Crippen molar-refractivity contribution < 1.29 is 0 Å². The van der Waals surface area contributed by atoms with Crippen LogP contribution in [0.2, 0.25) is 0 Å². The smallest absolute Gasteiger partial charge is 0.145 e. The molecule has 0 bridgehead atoms. The lowest BCUT2D eigenvalue weighted by atomic mass is 10.3. The Morgan fingerprint density at radius 2 is 1.94 bits per heavy atom. The summed E-state index contributed by atoms with van der Waals surface area (Å²) in [6.07, 6.45) is 1.48. The van der Waals surface area contributed by atoms with Crippen LogP contribution in [0.15, 0.2) is 42.7 Å². The van der Waals surface area contributed by atoms with Crippen molar-refractivity contribution in [2.45, 2.75) is 0 Å². The molecule has 0 saturated carbocycles. The molecule has 2 rings (SSSR count). The van der Waals surface area contributed by atoms with Gasteiger partial charge in [-0.25, -0.2) is 15.8 Å². The van der Waals surface area contributed by atoms with Crippen molar-refractivity contribution in [2.24, 2.45) is 5.84 Å². The number of para-hydroxylation sites is 1. The third-order valence-electron chi connectivity index (χ3n) is 2.29. The van der Waals surface area contributed by atoms with E-state index in [-0.39, 0.29) is 0 Å². The predicted molar refractivity (Wildman–Crippen MR) is 64.3 cm³/mol. The summed E-state index contributed by atoms with van der Waals surface area (Å²) in [7, 11) is 1.94. The van der Waals surface area contributed by atoms with Crippen molar-refractivity contribution in [3.63, 3.8) is 0 Å². The summed E-state index contributed by atoms with van der Waals surface area (Å²) < 4.78 is 0. The van der Waals surface area contributed by atoms with Gasteiger partial charge in [0.1, 0.15) is 18.0 Å². The Kier molecular flexibility index (Phi) is 2.98. The Bertz CT molecular complexity index is 457. The van der Waals surface area contributed by atoms with Gasteiger partial charge in [0.2, 0.25) is 0 Å². The molecule has 0 radical (unpaired) electrons. The van der Waals surface area contributed by atoms with Gasteiger partial charge in [-0.3, -0.25) is 0 Å². The van der Waals surface area contributed by atoms with Crippen LogP contribution in [0.3, 0.4) is 0 Å². The van der Waals surface area contributed by atoms with Gasteiger partial charge < -0.3 is 10.3 Å². The number of nitrogens with one attached hydrogen (secondary N) is 1. The first-order valence-corrected chi connectivity index (χ1v) is 4.88. The summed E-state index contributed by atoms with van der Waals surface area (Å²) in [5.74, 6) is 6.68. The van der Waals surface area contributed by atoms with Crippen LogP contribution in [0.1, 0.15) is 0 Å². The van der Waals surface area contributed by atoms with Gasteiger partial charge in [-0.15, -0.1) is 0 Å². The van der Waals surface area contributed by atoms with E-state index in [9.17, 15) is 0 Å². The number of aromatic nitrogens is 2. The molecule has 0 fully saturated rings. The van der Waals surface area contributed by atoms with E-state index in [2.05, 4.69) is 15.4 Å². The number of benzene rings is 1. The Hall–Kier alpha value is -2.14. The van der Waals surface area contributed by atoms with E-state index in [0.717, 1.165) is 11.5 Å². The topological polar surface area (TPSA) is 67.1 Å². The molecule has 82 valence electrons. The number of nitrogen functional groups attached to an aromatic ring is 1. The maximum absolute atomic E-state index is 5.30. The fourth-order valence-electron chi connectivity index (χ4n) is 1.39. The van der Waals surface area contributed by atoms with Crippen LogP contribution in [-0.2, 0) is 0 Å². The zero-order valence-corrected chi connectivity index (χ0v) is 8.96. The Morgan fingerprint density at radius 3 is 2.62 bits per heavy atom. The lowest BCUT2D eigenvalue weighted by molar-refractivity contribution is 1.07. The normalized spacial score (nSPS) is 9.88. The Labute approximate surface area is 93.9 Å². The molecule has 16 heavy (non-hydrogen) atoms. The zero-order chi connectivity index (χ0) is 11.4. The van der Waals surface area contributed by atoms with Gasteiger partial charge in [-0.1, -0.05) is 18.2 Å². The molecule has 0 aliphatic rings. The van der Waals surface area contributed by atoms with E-state index in [1.165, 1.54) is 6.33 Å². The highest BCUT2D eigenvalue weighted by Crippen LogP contribution is 2.21. The monoisotopic (exact) mass is 215 g/mol. The molecule has 3 N–H and O–H groups in total. The number of nitrogens with two attached hydrogens (primary N) is 1. The van der Waals surface area contributed by atoms with Gasteiger partial charge in [0.15, 0.2) is 0 Å². The molecule has 0 saturated heterocycles. The highest BCUT2D eigenvalue weighted by molar-refractivity contribution is 5.60. The molecule has 0 unspecified atom stereocenters. The predicted octanol–water partition coefficient (Wildman–Crippen LogP) is 1.53. The average Bonchev–Trinajstić information content (AvgIpc) is 2.39. The second-order valence-corrected chi connectivity index (χ2v) is 3.30. The molecule has 1 heterocycles. The van der Waals surface area contributed by atoms with Gasteiger partial charge >= 0.3 is 0 Å². The van der Waals surface area contributed by atoms with Crippen molar-refractivity contribution in [1.82, 2.24) is 9.97 Å². The molecule has 1 aromatic heterocycles. The molecule has 5 nitrogen and oxygen atoms in total. The second kappa shape index (κ2) is 4.59. The average molecular weight is 215 g/mol. The first-order valence-electron chi connectivity index (χ1n) is 4.88. The molecule has 0 aliphatic carbocycles. The second-order valence-electron chi connectivity index (χ2n) is 3.30. The fraction of sp³-hybridized carbons (Fsp3) is 0.0909. The quantitative estimate of drug-likeness (QED) is 0.600. The van der Waals surface area contributed by atoms with Gasteiger partial charge in [0.25, 0.3) is 0 Å². The van der Waals surface area contributed by atoms with Crippen LogP contribution < -0.4 is 16.2 Å². The molecule has 0 spiro atoms. The molecule has 0 aliphatic heterocycles. The van der Waals surface area contributed by atoms with Crippen molar-refractivity contribution in [2.75, 3.05) is 17.4 Å². The van der Waals surface area contributed by atoms with Crippen molar-refractivity contribution in [1.29, 1.82) is 0 Å². The van der Waals surface area contributed by atoms with Gasteiger partial charge in [0, 0.05) is 18.8 Å². The van der Waals surface area contributed by atoms with Crippen molar-refractivity contribution >= 4 is 17.3 Å². The van der Waals surface area contributed by atoms with E-state index >= 15 is 0 Å². The van der Waals surface area contributed by atoms with Crippen LogP contribution in [0.5, 0.6) is 0 Å². The molecule has 1 aromatic carbocycles. The minimum absolute atomic E-state index is 0.591. The maximum Gasteiger partial charge on any atom is 0.145 e. The number of anilines is 3. The third kappa shape index (κ3) is 2.09. The van der Waals surface area contributed by atoms with Crippen LogP contribution in [0, 0.1) is 0 Å². The molecule has 0 atom stereocenters. The molecule has 0 amide bonds. The summed E-state index contributed by atoms with van der Waals surface area (Å²) in [6, 6.07) is 11.7. The van der Waals surface area contributed by atoms with Gasteiger partial charge in [-0.2, -0.15) is 0 Å². The Morgan fingerprint density at radius 1 is 1.19 bits per heavy atom. The SMILES string of the molecule is CN(c1ccccc1)c1cc(NN)ncn1. The van der Waals surface area contributed by atoms with E-state index in [4.69, 9.17) is 5.84 Å². The molecular formula is C11H13N5. The first-order chi connectivity index (χ1) is 7.81. The highest BCUT2D eigenvalue weighted by Gasteiger charge is 2.05. The minimum atomic E-state index is 0.591. The standard InChI is InChI=1S/C11H13N5/c1-16(9-5-3-2-4-6-9)11-7-10(15-12)13-8-14-11/h2-8H,12H2,1H3,(H,13,14,15). The maximum atomic E-state index is 5.30. The molecule has 5 heteroatoms. The number of hydrogen-bond acceptors (Lipinski definition) is 5. The largest absolute Gasteiger partial charge is 0.329 e. The van der Waals surface area contributed by atoms with Crippen molar-refractivity contribution in [3.05, 3.63) is 42.7 Å². The number of nitrogens with zero attached hydrogens (tertiary/aromatic N) is 3. The molecular weight excluding hydrogens is 202 g/mol. The van der Waals surface area contributed by atoms with Crippen LogP contribution in [0.25, 0.3) is 0 Å². The van der Waals surface area contributed by atoms with Crippen LogP contribution >= 0.6 is 0 Å². The number of hydrogen-bond donors (Lipinski definition) is 2. The lowest BCUT2D eigenvalue weighted by Crippen LogP contribution is -2.13. The number of rotatable bonds is 3. The summed E-state index contributed by atoms with van der Waals surface area (Å²) in [6.45, 7) is 0. The lowest BCUT2D eigenvalue weighted by Gasteiger charge is -2.18. The van der Waals surface area contributed by atoms with E-state index in [1.807, 2.05) is 42.3 Å². The van der Waals surface area contributed by atoms with Crippen molar-refractivity contribution in [3.8, 4) is 0 Å². The Balaban J connectivity index is 2.30. The summed E-state index contributed by atoms with van der Waals surface area (Å²) in [5.41, 5.74) is 3.56.